The molecule has 0 atom stereocenters. The average Bonchev–Trinajstić information content (AvgIpc) is 2.86. The van der Waals surface area contributed by atoms with E-state index < -0.39 is 0 Å². The number of rotatable bonds is 8. The van der Waals surface area contributed by atoms with Crippen LogP contribution < -0.4 is 5.32 Å². The van der Waals surface area contributed by atoms with Crippen molar-refractivity contribution in [2.45, 2.75) is 40.5 Å². The van der Waals surface area contributed by atoms with Crippen LogP contribution >= 0.6 is 11.3 Å². The number of aromatic nitrogens is 2. The van der Waals surface area contributed by atoms with E-state index in [2.05, 4.69) is 43.2 Å². The van der Waals surface area contributed by atoms with Crippen molar-refractivity contribution in [3.05, 3.63) is 5.01 Å². The van der Waals surface area contributed by atoms with Crippen LogP contribution in [0.5, 0.6) is 0 Å². The number of anilines is 1. The molecule has 0 saturated carbocycles. The zero-order chi connectivity index (χ0) is 15.1. The zero-order valence-electron chi connectivity index (χ0n) is 13.1. The van der Waals surface area contributed by atoms with Gasteiger partial charge in [0.2, 0.25) is 10.1 Å². The molecular formula is C14H26N4OS. The van der Waals surface area contributed by atoms with Crippen molar-refractivity contribution in [3.63, 3.8) is 0 Å². The van der Waals surface area contributed by atoms with Crippen LogP contribution in [-0.2, 0) is 0 Å². The molecule has 20 heavy (non-hydrogen) atoms. The molecule has 0 unspecified atom stereocenters. The third-order valence-electron chi connectivity index (χ3n) is 3.06. The molecule has 1 amide bonds. The fourth-order valence-electron chi connectivity index (χ4n) is 1.69. The molecular weight excluding hydrogens is 272 g/mol. The minimum absolute atomic E-state index is 0.00491. The summed E-state index contributed by atoms with van der Waals surface area (Å²) in [5, 5.41) is 12.0. The van der Waals surface area contributed by atoms with Crippen molar-refractivity contribution in [2.75, 3.05) is 25.5 Å². The summed E-state index contributed by atoms with van der Waals surface area (Å²) in [4.78, 5) is 14.4. The van der Waals surface area contributed by atoms with Crippen molar-refractivity contribution in [1.82, 2.24) is 15.1 Å². The summed E-state index contributed by atoms with van der Waals surface area (Å²) >= 11 is 1.31. The lowest BCUT2D eigenvalue weighted by Crippen LogP contribution is -2.34. The van der Waals surface area contributed by atoms with Gasteiger partial charge in [0.05, 0.1) is 0 Å². The first kappa shape index (κ1) is 16.9. The second-order valence-corrected chi connectivity index (χ2v) is 6.80. The molecule has 0 saturated heterocycles. The first-order valence-electron chi connectivity index (χ1n) is 7.24. The van der Waals surface area contributed by atoms with Crippen LogP contribution in [0.3, 0.4) is 0 Å². The summed E-state index contributed by atoms with van der Waals surface area (Å²) in [7, 11) is 1.78. The van der Waals surface area contributed by atoms with Gasteiger partial charge in [-0.1, -0.05) is 39.0 Å². The van der Waals surface area contributed by atoms with E-state index in [0.717, 1.165) is 25.9 Å². The summed E-state index contributed by atoms with van der Waals surface area (Å²) in [6, 6.07) is 0. The fourth-order valence-corrected chi connectivity index (χ4v) is 2.35. The van der Waals surface area contributed by atoms with Gasteiger partial charge in [0.25, 0.3) is 5.91 Å². The molecule has 5 nitrogen and oxygen atoms in total. The quantitative estimate of drug-likeness (QED) is 0.801. The van der Waals surface area contributed by atoms with Crippen LogP contribution in [0, 0.1) is 11.8 Å². The number of nitrogens with one attached hydrogen (secondary N) is 1. The van der Waals surface area contributed by atoms with Gasteiger partial charge in [0.15, 0.2) is 0 Å². The van der Waals surface area contributed by atoms with Crippen molar-refractivity contribution in [3.8, 4) is 0 Å². The van der Waals surface area contributed by atoms with Gasteiger partial charge in [0, 0.05) is 20.1 Å². The van der Waals surface area contributed by atoms with Gasteiger partial charge in [-0.25, -0.2) is 0 Å². The lowest BCUT2D eigenvalue weighted by molar-refractivity contribution is 0.0739. The number of hydrogen-bond donors (Lipinski definition) is 1. The Balaban J connectivity index is 2.71. The van der Waals surface area contributed by atoms with Gasteiger partial charge in [0.1, 0.15) is 0 Å². The van der Waals surface area contributed by atoms with Crippen LogP contribution in [0.15, 0.2) is 0 Å². The van der Waals surface area contributed by atoms with Gasteiger partial charge in [-0.05, 0) is 24.7 Å². The lowest BCUT2D eigenvalue weighted by Gasteiger charge is -2.23. The van der Waals surface area contributed by atoms with Crippen molar-refractivity contribution < 1.29 is 4.79 Å². The Bertz CT molecular complexity index is 405. The molecule has 1 aromatic rings. The Morgan fingerprint density at radius 3 is 2.10 bits per heavy atom. The predicted molar refractivity (Wildman–Crippen MR) is 84.3 cm³/mol. The van der Waals surface area contributed by atoms with E-state index in [4.69, 9.17) is 0 Å². The summed E-state index contributed by atoms with van der Waals surface area (Å²) in [6.07, 6.45) is 2.03. The second kappa shape index (κ2) is 8.19. The molecule has 0 fully saturated rings. The topological polar surface area (TPSA) is 58.1 Å². The molecule has 0 aliphatic heterocycles. The maximum atomic E-state index is 12.5. The fraction of sp³-hybridized carbons (Fsp3) is 0.786. The van der Waals surface area contributed by atoms with E-state index in [1.807, 2.05) is 4.90 Å². The predicted octanol–water partition coefficient (Wildman–Crippen LogP) is 3.11. The molecule has 6 heteroatoms. The number of hydrogen-bond acceptors (Lipinski definition) is 5. The Kier molecular flexibility index (Phi) is 6.91. The average molecular weight is 298 g/mol. The summed E-state index contributed by atoms with van der Waals surface area (Å²) in [5.74, 6) is 1.18. The van der Waals surface area contributed by atoms with E-state index in [1.165, 1.54) is 11.3 Å². The third kappa shape index (κ3) is 5.45. The molecule has 0 bridgehead atoms. The van der Waals surface area contributed by atoms with Gasteiger partial charge in [-0.2, -0.15) is 0 Å². The number of carbonyl (C=O) groups excluding carboxylic acids is 1. The maximum absolute atomic E-state index is 12.5. The van der Waals surface area contributed by atoms with E-state index in [0.29, 0.717) is 22.0 Å². The zero-order valence-corrected chi connectivity index (χ0v) is 14.0. The molecule has 0 aliphatic carbocycles. The monoisotopic (exact) mass is 298 g/mol. The second-order valence-electron chi connectivity index (χ2n) is 5.82. The first-order chi connectivity index (χ1) is 9.43. The van der Waals surface area contributed by atoms with Crippen molar-refractivity contribution in [2.24, 2.45) is 11.8 Å². The standard InChI is InChI=1S/C14H26N4OS/c1-10(2)6-8-18(9-7-11(3)4)13(19)12-16-17-14(15-5)20-12/h10-11H,6-9H2,1-5H3,(H,15,17). The smallest absolute Gasteiger partial charge is 0.284 e. The van der Waals surface area contributed by atoms with E-state index in [9.17, 15) is 4.79 Å². The highest BCUT2D eigenvalue weighted by atomic mass is 32.1. The minimum atomic E-state index is 0.00491. The first-order valence-corrected chi connectivity index (χ1v) is 8.06. The minimum Gasteiger partial charge on any atom is -0.363 e. The molecule has 0 spiro atoms. The highest BCUT2D eigenvalue weighted by Crippen LogP contribution is 2.17. The summed E-state index contributed by atoms with van der Waals surface area (Å²) < 4.78 is 0. The van der Waals surface area contributed by atoms with Gasteiger partial charge in [-0.3, -0.25) is 4.79 Å². The summed E-state index contributed by atoms with van der Waals surface area (Å²) in [5.41, 5.74) is 0. The van der Waals surface area contributed by atoms with Gasteiger partial charge >= 0.3 is 0 Å². The Morgan fingerprint density at radius 1 is 1.15 bits per heavy atom. The number of nitrogens with zero attached hydrogens (tertiary/aromatic N) is 3. The van der Waals surface area contributed by atoms with Gasteiger partial charge in [-0.15, -0.1) is 10.2 Å². The Hall–Kier alpha value is -1.17. The number of amides is 1. The maximum Gasteiger partial charge on any atom is 0.284 e. The molecule has 1 aromatic heterocycles. The van der Waals surface area contributed by atoms with Crippen LogP contribution in [0.1, 0.15) is 50.3 Å². The molecule has 0 aliphatic rings. The largest absolute Gasteiger partial charge is 0.363 e. The van der Waals surface area contributed by atoms with Crippen molar-refractivity contribution in [1.29, 1.82) is 0 Å². The van der Waals surface area contributed by atoms with Crippen LogP contribution in [0.2, 0.25) is 0 Å². The third-order valence-corrected chi connectivity index (χ3v) is 3.99. The van der Waals surface area contributed by atoms with Crippen molar-refractivity contribution >= 4 is 22.4 Å². The number of carbonyl (C=O) groups is 1. The molecule has 0 radical (unpaired) electrons. The molecule has 1 N–H and O–H groups in total. The molecule has 1 heterocycles. The highest BCUT2D eigenvalue weighted by molar-refractivity contribution is 7.17. The Morgan fingerprint density at radius 2 is 1.70 bits per heavy atom. The van der Waals surface area contributed by atoms with Crippen LogP contribution in [-0.4, -0.2) is 41.1 Å². The van der Waals surface area contributed by atoms with Crippen LogP contribution in [0.4, 0.5) is 5.13 Å². The van der Waals surface area contributed by atoms with Gasteiger partial charge < -0.3 is 10.2 Å². The molecule has 114 valence electrons. The molecule has 0 aromatic carbocycles. The highest BCUT2D eigenvalue weighted by Gasteiger charge is 2.20. The molecule has 1 rings (SSSR count). The SMILES string of the molecule is CNc1nnc(C(=O)N(CCC(C)C)CCC(C)C)s1. The van der Waals surface area contributed by atoms with E-state index in [-0.39, 0.29) is 5.91 Å². The normalized spacial score (nSPS) is 11.2. The van der Waals surface area contributed by atoms with E-state index >= 15 is 0 Å². The van der Waals surface area contributed by atoms with E-state index in [1.54, 1.807) is 7.05 Å². The summed E-state index contributed by atoms with van der Waals surface area (Å²) in [6.45, 7) is 10.3. The Labute approximate surface area is 125 Å². The van der Waals surface area contributed by atoms with Crippen LogP contribution in [0.25, 0.3) is 0 Å². The lowest BCUT2D eigenvalue weighted by atomic mass is 10.1.